The van der Waals surface area contributed by atoms with Crippen molar-refractivity contribution in [1.29, 1.82) is 0 Å². The summed E-state index contributed by atoms with van der Waals surface area (Å²) in [6.07, 6.45) is 1.61. The summed E-state index contributed by atoms with van der Waals surface area (Å²) in [7, 11) is 0. The van der Waals surface area contributed by atoms with Crippen LogP contribution in [0.15, 0.2) is 33.3 Å². The van der Waals surface area contributed by atoms with Crippen molar-refractivity contribution in [3.8, 4) is 0 Å². The number of aryl methyl sites for hydroxylation is 1. The monoisotopic (exact) mass is 235 g/mol. The number of hydrogen-bond acceptors (Lipinski definition) is 4. The first-order valence-corrected chi connectivity index (χ1v) is 5.22. The molecule has 0 fully saturated rings. The summed E-state index contributed by atoms with van der Waals surface area (Å²) in [4.78, 5) is 10.8. The molecule has 90 valence electrons. The van der Waals surface area contributed by atoms with Crippen LogP contribution >= 0.6 is 0 Å². The first-order chi connectivity index (χ1) is 8.16. The quantitative estimate of drug-likeness (QED) is 0.830. The Hall–Kier alpha value is -2.01. The predicted octanol–water partition coefficient (Wildman–Crippen LogP) is 2.17. The number of furan rings is 2. The number of rotatable bonds is 5. The molecule has 17 heavy (non-hydrogen) atoms. The van der Waals surface area contributed by atoms with Crippen molar-refractivity contribution in [2.45, 2.75) is 20.0 Å². The molecule has 0 spiro atoms. The van der Waals surface area contributed by atoms with E-state index >= 15 is 0 Å². The van der Waals surface area contributed by atoms with E-state index in [4.69, 9.17) is 13.9 Å². The number of carbonyl (C=O) groups is 1. The van der Waals surface area contributed by atoms with Crippen molar-refractivity contribution in [2.24, 2.45) is 0 Å². The highest BCUT2D eigenvalue weighted by Gasteiger charge is 2.13. The lowest BCUT2D eigenvalue weighted by Crippen LogP contribution is -2.11. The highest BCUT2D eigenvalue weighted by molar-refractivity contribution is 5.86. The maximum Gasteiger partial charge on any atom is 0.372 e. The lowest BCUT2D eigenvalue weighted by atomic mass is 10.2. The molecular formula is C12H13NO4. The maximum absolute atomic E-state index is 10.8. The second kappa shape index (κ2) is 4.88. The Bertz CT molecular complexity index is 499. The van der Waals surface area contributed by atoms with Gasteiger partial charge in [0.1, 0.15) is 11.5 Å². The number of carboxylic acids is 1. The van der Waals surface area contributed by atoms with Crippen molar-refractivity contribution in [3.63, 3.8) is 0 Å². The molecule has 2 N–H and O–H groups in total. The lowest BCUT2D eigenvalue weighted by Gasteiger charge is -1.98. The third kappa shape index (κ3) is 2.76. The van der Waals surface area contributed by atoms with Crippen LogP contribution < -0.4 is 5.32 Å². The van der Waals surface area contributed by atoms with E-state index in [2.05, 4.69) is 5.32 Å². The third-order valence-electron chi connectivity index (χ3n) is 2.34. The van der Waals surface area contributed by atoms with Crippen LogP contribution in [0.1, 0.15) is 27.6 Å². The SMILES string of the molecule is Cc1cc(CNCc2ccco2)oc1C(=O)O. The molecule has 0 unspecified atom stereocenters. The van der Waals surface area contributed by atoms with E-state index in [1.807, 2.05) is 12.1 Å². The molecule has 0 aliphatic carbocycles. The van der Waals surface area contributed by atoms with Gasteiger partial charge in [-0.2, -0.15) is 0 Å². The molecule has 0 atom stereocenters. The minimum absolute atomic E-state index is 0.000186. The second-order valence-corrected chi connectivity index (χ2v) is 3.71. The molecule has 0 aliphatic rings. The number of nitrogens with one attached hydrogen (secondary N) is 1. The van der Waals surface area contributed by atoms with Gasteiger partial charge in [-0.05, 0) is 25.1 Å². The van der Waals surface area contributed by atoms with Crippen molar-refractivity contribution in [2.75, 3.05) is 0 Å². The lowest BCUT2D eigenvalue weighted by molar-refractivity contribution is 0.0659. The van der Waals surface area contributed by atoms with E-state index in [1.54, 1.807) is 19.3 Å². The van der Waals surface area contributed by atoms with Crippen LogP contribution in [0, 0.1) is 6.92 Å². The summed E-state index contributed by atoms with van der Waals surface area (Å²) in [5.74, 6) is 0.387. The molecule has 0 aromatic carbocycles. The summed E-state index contributed by atoms with van der Waals surface area (Å²) in [6, 6.07) is 5.40. The fourth-order valence-corrected chi connectivity index (χ4v) is 1.57. The zero-order valence-electron chi connectivity index (χ0n) is 9.40. The van der Waals surface area contributed by atoms with Crippen molar-refractivity contribution >= 4 is 5.97 Å². The summed E-state index contributed by atoms with van der Waals surface area (Å²) < 4.78 is 10.4. The molecule has 0 amide bonds. The van der Waals surface area contributed by atoms with Gasteiger partial charge in [0.25, 0.3) is 0 Å². The molecule has 2 aromatic rings. The molecule has 5 heteroatoms. The van der Waals surface area contributed by atoms with Crippen molar-refractivity contribution in [1.82, 2.24) is 5.32 Å². The van der Waals surface area contributed by atoms with Gasteiger partial charge in [-0.25, -0.2) is 4.79 Å². The molecule has 2 heterocycles. The zero-order valence-corrected chi connectivity index (χ0v) is 9.40. The van der Waals surface area contributed by atoms with E-state index in [-0.39, 0.29) is 5.76 Å². The van der Waals surface area contributed by atoms with Crippen LogP contribution in [0.2, 0.25) is 0 Å². The van der Waals surface area contributed by atoms with Gasteiger partial charge in [-0.1, -0.05) is 0 Å². The first-order valence-electron chi connectivity index (χ1n) is 5.22. The molecule has 0 saturated heterocycles. The Morgan fingerprint density at radius 2 is 2.18 bits per heavy atom. The molecule has 0 bridgehead atoms. The summed E-state index contributed by atoms with van der Waals surface area (Å²) in [6.45, 7) is 2.76. The average molecular weight is 235 g/mol. The van der Waals surface area contributed by atoms with Gasteiger partial charge in [0, 0.05) is 5.56 Å². The van der Waals surface area contributed by atoms with E-state index in [9.17, 15) is 4.79 Å². The van der Waals surface area contributed by atoms with Crippen LogP contribution in [0.3, 0.4) is 0 Å². The van der Waals surface area contributed by atoms with E-state index in [0.717, 1.165) is 5.76 Å². The Morgan fingerprint density at radius 1 is 1.41 bits per heavy atom. The number of carboxylic acid groups (broad SMARTS) is 1. The van der Waals surface area contributed by atoms with Gasteiger partial charge in [0.15, 0.2) is 0 Å². The van der Waals surface area contributed by atoms with E-state index < -0.39 is 5.97 Å². The van der Waals surface area contributed by atoms with Gasteiger partial charge < -0.3 is 19.3 Å². The van der Waals surface area contributed by atoms with Gasteiger partial charge in [0.05, 0.1) is 19.4 Å². The topological polar surface area (TPSA) is 75.6 Å². The largest absolute Gasteiger partial charge is 0.475 e. The molecule has 2 aromatic heterocycles. The van der Waals surface area contributed by atoms with Crippen LogP contribution in [0.5, 0.6) is 0 Å². The molecule has 0 aliphatic heterocycles. The standard InChI is InChI=1S/C12H13NO4/c1-8-5-10(17-11(8)12(14)15)7-13-6-9-3-2-4-16-9/h2-5,13H,6-7H2,1H3,(H,14,15). The Morgan fingerprint density at radius 3 is 2.76 bits per heavy atom. The Balaban J connectivity index is 1.91. The first kappa shape index (κ1) is 11.5. The normalized spacial score (nSPS) is 10.6. The zero-order chi connectivity index (χ0) is 12.3. The second-order valence-electron chi connectivity index (χ2n) is 3.71. The summed E-state index contributed by atoms with van der Waals surface area (Å²) >= 11 is 0. The van der Waals surface area contributed by atoms with Crippen molar-refractivity contribution in [3.05, 3.63) is 47.3 Å². The number of aromatic carboxylic acids is 1. The summed E-state index contributed by atoms with van der Waals surface area (Å²) in [5.41, 5.74) is 0.632. The van der Waals surface area contributed by atoms with Crippen molar-refractivity contribution < 1.29 is 18.7 Å². The van der Waals surface area contributed by atoms with E-state index in [0.29, 0.717) is 24.4 Å². The highest BCUT2D eigenvalue weighted by atomic mass is 16.4. The van der Waals surface area contributed by atoms with Gasteiger partial charge in [-0.3, -0.25) is 0 Å². The smallest absolute Gasteiger partial charge is 0.372 e. The van der Waals surface area contributed by atoms with E-state index in [1.165, 1.54) is 0 Å². The minimum Gasteiger partial charge on any atom is -0.475 e. The predicted molar refractivity (Wildman–Crippen MR) is 59.7 cm³/mol. The highest BCUT2D eigenvalue weighted by Crippen LogP contribution is 2.14. The minimum atomic E-state index is -1.04. The molecule has 0 radical (unpaired) electrons. The van der Waals surface area contributed by atoms with Crippen LogP contribution in [-0.4, -0.2) is 11.1 Å². The molecule has 0 saturated carbocycles. The molecule has 5 nitrogen and oxygen atoms in total. The third-order valence-corrected chi connectivity index (χ3v) is 2.34. The maximum atomic E-state index is 10.8. The van der Waals surface area contributed by atoms with Crippen LogP contribution in [-0.2, 0) is 13.1 Å². The molecule has 2 rings (SSSR count). The fraction of sp³-hybridized carbons (Fsp3) is 0.250. The summed E-state index contributed by atoms with van der Waals surface area (Å²) in [5, 5.41) is 11.9. The molecular weight excluding hydrogens is 222 g/mol. The fourth-order valence-electron chi connectivity index (χ4n) is 1.57. The van der Waals surface area contributed by atoms with Crippen LogP contribution in [0.4, 0.5) is 0 Å². The van der Waals surface area contributed by atoms with Gasteiger partial charge >= 0.3 is 5.97 Å². The Labute approximate surface area is 98.0 Å². The Kier molecular flexibility index (Phi) is 3.30. The van der Waals surface area contributed by atoms with Gasteiger partial charge in [-0.15, -0.1) is 0 Å². The number of hydrogen-bond donors (Lipinski definition) is 2. The van der Waals surface area contributed by atoms with Gasteiger partial charge in [0.2, 0.25) is 5.76 Å². The average Bonchev–Trinajstić information content (AvgIpc) is 2.88. The van der Waals surface area contributed by atoms with Crippen LogP contribution in [0.25, 0.3) is 0 Å².